The molecule has 3 aromatic rings. The van der Waals surface area contributed by atoms with Gasteiger partial charge in [-0.25, -0.2) is 4.98 Å². The highest BCUT2D eigenvalue weighted by molar-refractivity contribution is 7.99. The highest BCUT2D eigenvalue weighted by atomic mass is 32.2. The predicted molar refractivity (Wildman–Crippen MR) is 115 cm³/mol. The van der Waals surface area contributed by atoms with Gasteiger partial charge < -0.3 is 15.1 Å². The molecule has 4 nitrogen and oxygen atoms in total. The molecule has 0 spiro atoms. The first-order chi connectivity index (χ1) is 13.2. The van der Waals surface area contributed by atoms with Gasteiger partial charge in [-0.2, -0.15) is 0 Å². The van der Waals surface area contributed by atoms with Crippen molar-refractivity contribution in [1.82, 2.24) is 9.88 Å². The maximum absolute atomic E-state index is 4.37. The smallest absolute Gasteiger partial charge is 0.130 e. The maximum atomic E-state index is 4.37. The Morgan fingerprint density at radius 2 is 1.78 bits per heavy atom. The van der Waals surface area contributed by atoms with Crippen molar-refractivity contribution in [2.75, 3.05) is 37.4 Å². The SMILES string of the molecule is CN(C)CCCN1c2ccccc2Sc2ccc(Nc3ccccn3)cc21. The topological polar surface area (TPSA) is 31.4 Å². The summed E-state index contributed by atoms with van der Waals surface area (Å²) in [6.07, 6.45) is 2.92. The molecule has 0 saturated heterocycles. The fourth-order valence-corrected chi connectivity index (χ4v) is 4.35. The van der Waals surface area contributed by atoms with E-state index in [9.17, 15) is 0 Å². The lowest BCUT2D eigenvalue weighted by molar-refractivity contribution is 0.402. The van der Waals surface area contributed by atoms with Crippen LogP contribution in [-0.2, 0) is 0 Å². The Morgan fingerprint density at radius 3 is 2.59 bits per heavy atom. The average Bonchev–Trinajstić information content (AvgIpc) is 2.68. The molecule has 2 aromatic carbocycles. The summed E-state index contributed by atoms with van der Waals surface area (Å²) in [6.45, 7) is 2.07. The van der Waals surface area contributed by atoms with Crippen LogP contribution in [0, 0.1) is 0 Å². The quantitative estimate of drug-likeness (QED) is 0.624. The number of para-hydroxylation sites is 1. The lowest BCUT2D eigenvalue weighted by Crippen LogP contribution is -2.25. The highest BCUT2D eigenvalue weighted by Gasteiger charge is 2.23. The standard InChI is InChI=1S/C22H24N4S/c1-25(2)14-7-15-26-18-8-3-4-9-20(18)27-21-12-11-17(16-19(21)26)24-22-10-5-6-13-23-22/h3-6,8-13,16H,7,14-15H2,1-2H3,(H,23,24). The molecule has 0 atom stereocenters. The summed E-state index contributed by atoms with van der Waals surface area (Å²) >= 11 is 1.85. The van der Waals surface area contributed by atoms with E-state index in [1.54, 1.807) is 6.20 Å². The molecule has 4 rings (SSSR count). The van der Waals surface area contributed by atoms with E-state index >= 15 is 0 Å². The minimum Gasteiger partial charge on any atom is -0.340 e. The second-order valence-corrected chi connectivity index (χ2v) is 7.98. The summed E-state index contributed by atoms with van der Waals surface area (Å²) in [4.78, 5) is 11.7. The fourth-order valence-electron chi connectivity index (χ4n) is 3.28. The summed E-state index contributed by atoms with van der Waals surface area (Å²) in [6, 6.07) is 21.2. The number of hydrogen-bond acceptors (Lipinski definition) is 5. The van der Waals surface area contributed by atoms with Gasteiger partial charge in [-0.15, -0.1) is 0 Å². The van der Waals surface area contributed by atoms with E-state index in [0.29, 0.717) is 0 Å². The Balaban J connectivity index is 1.65. The monoisotopic (exact) mass is 376 g/mol. The molecule has 1 N–H and O–H groups in total. The summed E-state index contributed by atoms with van der Waals surface area (Å²) in [5.74, 6) is 0.862. The van der Waals surface area contributed by atoms with Gasteiger partial charge in [-0.1, -0.05) is 30.0 Å². The van der Waals surface area contributed by atoms with E-state index in [-0.39, 0.29) is 0 Å². The number of pyridine rings is 1. The number of nitrogens with zero attached hydrogens (tertiary/aromatic N) is 3. The second kappa shape index (κ2) is 8.03. The van der Waals surface area contributed by atoms with Crippen LogP contribution in [0.1, 0.15) is 6.42 Å². The maximum Gasteiger partial charge on any atom is 0.130 e. The molecule has 138 valence electrons. The lowest BCUT2D eigenvalue weighted by atomic mass is 10.2. The van der Waals surface area contributed by atoms with Crippen molar-refractivity contribution in [1.29, 1.82) is 0 Å². The Hall–Kier alpha value is -2.50. The molecule has 1 aliphatic rings. The minimum atomic E-state index is 0.862. The van der Waals surface area contributed by atoms with Gasteiger partial charge in [-0.05, 0) is 69.5 Å². The van der Waals surface area contributed by atoms with E-state index in [2.05, 4.69) is 76.7 Å². The number of benzene rings is 2. The second-order valence-electron chi connectivity index (χ2n) is 6.90. The van der Waals surface area contributed by atoms with Crippen molar-refractivity contribution in [3.05, 3.63) is 66.9 Å². The van der Waals surface area contributed by atoms with Crippen LogP contribution < -0.4 is 10.2 Å². The van der Waals surface area contributed by atoms with E-state index in [1.165, 1.54) is 21.2 Å². The molecule has 27 heavy (non-hydrogen) atoms. The summed E-state index contributed by atoms with van der Waals surface area (Å²) in [7, 11) is 4.26. The Morgan fingerprint density at radius 1 is 0.963 bits per heavy atom. The van der Waals surface area contributed by atoms with Crippen LogP contribution in [0.2, 0.25) is 0 Å². The highest BCUT2D eigenvalue weighted by Crippen LogP contribution is 2.48. The van der Waals surface area contributed by atoms with Crippen LogP contribution in [0.15, 0.2) is 76.7 Å². The molecule has 0 bridgehead atoms. The van der Waals surface area contributed by atoms with Crippen molar-refractivity contribution in [3.8, 4) is 0 Å². The van der Waals surface area contributed by atoms with Gasteiger partial charge >= 0.3 is 0 Å². The van der Waals surface area contributed by atoms with E-state index < -0.39 is 0 Å². The first kappa shape index (κ1) is 17.9. The fraction of sp³-hybridized carbons (Fsp3) is 0.227. The average molecular weight is 377 g/mol. The third kappa shape index (κ3) is 4.10. The number of nitrogens with one attached hydrogen (secondary N) is 1. The van der Waals surface area contributed by atoms with Crippen molar-refractivity contribution in [2.24, 2.45) is 0 Å². The van der Waals surface area contributed by atoms with Gasteiger partial charge in [-0.3, -0.25) is 0 Å². The van der Waals surface area contributed by atoms with Crippen LogP contribution >= 0.6 is 11.8 Å². The van der Waals surface area contributed by atoms with E-state index in [1.807, 2.05) is 30.0 Å². The molecule has 0 unspecified atom stereocenters. The molecule has 0 saturated carbocycles. The summed E-state index contributed by atoms with van der Waals surface area (Å²) in [5, 5.41) is 3.42. The lowest BCUT2D eigenvalue weighted by Gasteiger charge is -2.33. The predicted octanol–water partition coefficient (Wildman–Crippen LogP) is 5.38. The Labute approximate surface area is 165 Å². The summed E-state index contributed by atoms with van der Waals surface area (Å²) < 4.78 is 0. The van der Waals surface area contributed by atoms with Crippen LogP contribution in [0.4, 0.5) is 22.9 Å². The van der Waals surface area contributed by atoms with Gasteiger partial charge in [0, 0.05) is 28.2 Å². The normalized spacial score (nSPS) is 12.6. The molecular formula is C22H24N4S. The Kier molecular flexibility index (Phi) is 5.32. The van der Waals surface area contributed by atoms with Gasteiger partial charge in [0.25, 0.3) is 0 Å². The number of aromatic nitrogens is 1. The first-order valence-corrected chi connectivity index (χ1v) is 10.0. The molecule has 0 aliphatic carbocycles. The van der Waals surface area contributed by atoms with Crippen LogP contribution in [0.5, 0.6) is 0 Å². The van der Waals surface area contributed by atoms with Gasteiger partial charge in [0.15, 0.2) is 0 Å². The van der Waals surface area contributed by atoms with Gasteiger partial charge in [0.05, 0.1) is 11.4 Å². The number of rotatable bonds is 6. The summed E-state index contributed by atoms with van der Waals surface area (Å²) in [5.41, 5.74) is 3.62. The number of anilines is 4. The van der Waals surface area contributed by atoms with E-state index in [0.717, 1.165) is 31.0 Å². The first-order valence-electron chi connectivity index (χ1n) is 9.22. The third-order valence-electron chi connectivity index (χ3n) is 4.55. The number of fused-ring (bicyclic) bond motifs is 2. The molecule has 0 fully saturated rings. The van der Waals surface area contributed by atoms with Crippen molar-refractivity contribution in [2.45, 2.75) is 16.2 Å². The number of hydrogen-bond donors (Lipinski definition) is 1. The van der Waals surface area contributed by atoms with Crippen LogP contribution in [0.25, 0.3) is 0 Å². The third-order valence-corrected chi connectivity index (χ3v) is 5.68. The zero-order valence-corrected chi connectivity index (χ0v) is 16.5. The van der Waals surface area contributed by atoms with E-state index in [4.69, 9.17) is 0 Å². The molecule has 1 aromatic heterocycles. The molecule has 1 aliphatic heterocycles. The van der Waals surface area contributed by atoms with Gasteiger partial charge in [0.1, 0.15) is 5.82 Å². The van der Waals surface area contributed by atoms with Crippen molar-refractivity contribution < 1.29 is 0 Å². The molecule has 0 amide bonds. The van der Waals surface area contributed by atoms with Crippen molar-refractivity contribution in [3.63, 3.8) is 0 Å². The Bertz CT molecular complexity index is 911. The largest absolute Gasteiger partial charge is 0.340 e. The van der Waals surface area contributed by atoms with Crippen LogP contribution in [-0.4, -0.2) is 37.1 Å². The molecule has 5 heteroatoms. The van der Waals surface area contributed by atoms with Crippen molar-refractivity contribution >= 4 is 34.6 Å². The zero-order chi connectivity index (χ0) is 18.6. The van der Waals surface area contributed by atoms with Crippen LogP contribution in [0.3, 0.4) is 0 Å². The molecule has 0 radical (unpaired) electrons. The zero-order valence-electron chi connectivity index (χ0n) is 15.7. The molecule has 2 heterocycles. The van der Waals surface area contributed by atoms with Gasteiger partial charge in [0.2, 0.25) is 0 Å². The molecular weight excluding hydrogens is 352 g/mol. The minimum absolute atomic E-state index is 0.862.